The lowest BCUT2D eigenvalue weighted by Crippen LogP contribution is -1.94. The smallest absolute Gasteiger partial charge is 0.150 e. The van der Waals surface area contributed by atoms with E-state index in [2.05, 4.69) is 4.74 Å². The molecule has 0 aliphatic carbocycles. The summed E-state index contributed by atoms with van der Waals surface area (Å²) in [6, 6.07) is 4.78. The molecule has 0 bridgehead atoms. The van der Waals surface area contributed by atoms with Crippen LogP contribution in [0.25, 0.3) is 0 Å². The molecule has 0 saturated carbocycles. The zero-order chi connectivity index (χ0) is 10.3. The minimum absolute atomic E-state index is 0.449. The van der Waals surface area contributed by atoms with Crippen LogP contribution in [0.1, 0.15) is 10.4 Å². The fourth-order valence-corrected chi connectivity index (χ4v) is 0.667. The van der Waals surface area contributed by atoms with Crippen molar-refractivity contribution in [2.45, 2.75) is 0 Å². The van der Waals surface area contributed by atoms with E-state index in [0.29, 0.717) is 16.9 Å². The molecule has 0 heterocycles. The maximum absolute atomic E-state index is 10.2. The van der Waals surface area contributed by atoms with Crippen molar-refractivity contribution in [3.05, 3.63) is 23.8 Å². The Balaban J connectivity index is 0.000000424. The number of rotatable bonds is 1. The van der Waals surface area contributed by atoms with Crippen LogP contribution >= 0.6 is 0 Å². The Labute approximate surface area is 77.5 Å². The Morgan fingerprint density at radius 1 is 1.23 bits per heavy atom. The summed E-state index contributed by atoms with van der Waals surface area (Å²) in [6.07, 6.45) is 0.732. The van der Waals surface area contributed by atoms with Crippen LogP contribution in [0.5, 0.6) is 0 Å². The molecule has 0 aliphatic heterocycles. The summed E-state index contributed by atoms with van der Waals surface area (Å²) in [7, 11) is 3.25. The second-order valence-electron chi connectivity index (χ2n) is 2.41. The SMILES string of the molecule is COC.Nc1ccc(C=O)cc1N. The predicted octanol–water partition coefficient (Wildman–Crippen LogP) is 0.926. The molecule has 0 unspecified atom stereocenters. The van der Waals surface area contributed by atoms with E-state index in [-0.39, 0.29) is 0 Å². The van der Waals surface area contributed by atoms with Gasteiger partial charge in [0.1, 0.15) is 6.29 Å². The van der Waals surface area contributed by atoms with Gasteiger partial charge in [-0.25, -0.2) is 0 Å². The van der Waals surface area contributed by atoms with Crippen molar-refractivity contribution in [2.75, 3.05) is 25.7 Å². The Kier molecular flexibility index (Phi) is 5.30. The van der Waals surface area contributed by atoms with Crippen LogP contribution in [0.15, 0.2) is 18.2 Å². The van der Waals surface area contributed by atoms with E-state index < -0.39 is 0 Å². The monoisotopic (exact) mass is 182 g/mol. The second kappa shape index (κ2) is 6.02. The largest absolute Gasteiger partial charge is 0.397 e. The Morgan fingerprint density at radius 3 is 2.15 bits per heavy atom. The fourth-order valence-electron chi connectivity index (χ4n) is 0.667. The molecular weight excluding hydrogens is 168 g/mol. The quantitative estimate of drug-likeness (QED) is 0.500. The fraction of sp³-hybridized carbons (Fsp3) is 0.222. The van der Waals surface area contributed by atoms with Crippen LogP contribution < -0.4 is 11.5 Å². The molecule has 0 spiro atoms. The minimum atomic E-state index is 0.449. The Morgan fingerprint density at radius 2 is 1.77 bits per heavy atom. The highest BCUT2D eigenvalue weighted by atomic mass is 16.4. The van der Waals surface area contributed by atoms with Gasteiger partial charge in [-0.1, -0.05) is 0 Å². The van der Waals surface area contributed by atoms with Gasteiger partial charge in [-0.3, -0.25) is 4.79 Å². The number of anilines is 2. The van der Waals surface area contributed by atoms with E-state index in [1.165, 1.54) is 0 Å². The first kappa shape index (κ1) is 11.4. The summed E-state index contributed by atoms with van der Waals surface area (Å²) in [4.78, 5) is 10.2. The van der Waals surface area contributed by atoms with E-state index in [1.807, 2.05) is 0 Å². The molecule has 0 amide bonds. The lowest BCUT2D eigenvalue weighted by atomic mass is 10.2. The van der Waals surface area contributed by atoms with Crippen LogP contribution in [-0.4, -0.2) is 20.5 Å². The number of ether oxygens (including phenoxy) is 1. The van der Waals surface area contributed by atoms with Crippen molar-refractivity contribution in [1.82, 2.24) is 0 Å². The molecule has 4 nitrogen and oxygen atoms in total. The first-order valence-corrected chi connectivity index (χ1v) is 3.66. The molecule has 0 saturated heterocycles. The zero-order valence-corrected chi connectivity index (χ0v) is 7.78. The summed E-state index contributed by atoms with van der Waals surface area (Å²) in [5.41, 5.74) is 12.3. The maximum Gasteiger partial charge on any atom is 0.150 e. The molecule has 72 valence electrons. The number of hydrogen-bond donors (Lipinski definition) is 2. The summed E-state index contributed by atoms with van der Waals surface area (Å²) >= 11 is 0. The average molecular weight is 182 g/mol. The van der Waals surface area contributed by atoms with Gasteiger partial charge in [-0.2, -0.15) is 0 Å². The van der Waals surface area contributed by atoms with Gasteiger partial charge >= 0.3 is 0 Å². The molecule has 0 atom stereocenters. The van der Waals surface area contributed by atoms with Gasteiger partial charge in [0.15, 0.2) is 0 Å². The summed E-state index contributed by atoms with van der Waals surface area (Å²) in [5, 5.41) is 0. The first-order valence-electron chi connectivity index (χ1n) is 3.66. The van der Waals surface area contributed by atoms with E-state index >= 15 is 0 Å². The molecule has 4 N–H and O–H groups in total. The topological polar surface area (TPSA) is 78.3 Å². The number of benzene rings is 1. The van der Waals surface area contributed by atoms with E-state index in [9.17, 15) is 4.79 Å². The highest BCUT2D eigenvalue weighted by molar-refractivity contribution is 5.79. The Bertz CT molecular complexity index is 274. The van der Waals surface area contributed by atoms with Gasteiger partial charge in [0.2, 0.25) is 0 Å². The number of nitrogens with two attached hydrogens (primary N) is 2. The Hall–Kier alpha value is -1.55. The normalized spacial score (nSPS) is 8.46. The van der Waals surface area contributed by atoms with E-state index in [4.69, 9.17) is 11.5 Å². The summed E-state index contributed by atoms with van der Waals surface area (Å²) < 4.78 is 4.25. The first-order chi connectivity index (χ1) is 6.15. The van der Waals surface area contributed by atoms with Gasteiger partial charge < -0.3 is 16.2 Å². The third-order valence-electron chi connectivity index (χ3n) is 1.25. The highest BCUT2D eigenvalue weighted by Crippen LogP contribution is 2.14. The van der Waals surface area contributed by atoms with Crippen LogP contribution in [0.4, 0.5) is 11.4 Å². The van der Waals surface area contributed by atoms with E-state index in [0.717, 1.165) is 6.29 Å². The summed E-state index contributed by atoms with van der Waals surface area (Å²) in [6.45, 7) is 0. The molecule has 0 aromatic heterocycles. The number of aldehydes is 1. The average Bonchev–Trinajstić information content (AvgIpc) is 2.11. The van der Waals surface area contributed by atoms with Gasteiger partial charge in [0.25, 0.3) is 0 Å². The number of hydrogen-bond acceptors (Lipinski definition) is 4. The molecule has 13 heavy (non-hydrogen) atoms. The molecule has 1 rings (SSSR count). The third-order valence-corrected chi connectivity index (χ3v) is 1.25. The molecule has 0 aliphatic rings. The lowest BCUT2D eigenvalue weighted by molar-refractivity contribution is 0.112. The van der Waals surface area contributed by atoms with Crippen LogP contribution in [0.3, 0.4) is 0 Å². The van der Waals surface area contributed by atoms with Gasteiger partial charge in [0, 0.05) is 19.8 Å². The third kappa shape index (κ3) is 4.12. The second-order valence-corrected chi connectivity index (χ2v) is 2.41. The van der Waals surface area contributed by atoms with Crippen molar-refractivity contribution in [1.29, 1.82) is 0 Å². The molecule has 4 heteroatoms. The number of nitrogen functional groups attached to an aromatic ring is 2. The molecule has 1 aromatic rings. The number of carbonyl (C=O) groups is 1. The van der Waals surface area contributed by atoms with E-state index in [1.54, 1.807) is 32.4 Å². The number of methoxy groups -OCH3 is 1. The maximum atomic E-state index is 10.2. The summed E-state index contributed by atoms with van der Waals surface area (Å²) in [5.74, 6) is 0. The van der Waals surface area contributed by atoms with Crippen molar-refractivity contribution in [3.8, 4) is 0 Å². The lowest BCUT2D eigenvalue weighted by Gasteiger charge is -1.97. The van der Waals surface area contributed by atoms with Gasteiger partial charge in [-0.05, 0) is 18.2 Å². The van der Waals surface area contributed by atoms with Crippen LogP contribution in [0, 0.1) is 0 Å². The highest BCUT2D eigenvalue weighted by Gasteiger charge is 1.93. The number of carbonyl (C=O) groups excluding carboxylic acids is 1. The van der Waals surface area contributed by atoms with Gasteiger partial charge in [-0.15, -0.1) is 0 Å². The molecular formula is C9H14N2O2. The van der Waals surface area contributed by atoms with Crippen LogP contribution in [0.2, 0.25) is 0 Å². The molecule has 0 fully saturated rings. The molecule has 1 aromatic carbocycles. The van der Waals surface area contributed by atoms with Gasteiger partial charge in [0.05, 0.1) is 11.4 Å². The standard InChI is InChI=1S/C7H8N2O.C2H6O/c8-6-2-1-5(4-10)3-7(6)9;1-3-2/h1-4H,8-9H2;1-2H3. The van der Waals surface area contributed by atoms with Crippen molar-refractivity contribution >= 4 is 17.7 Å². The van der Waals surface area contributed by atoms with Crippen molar-refractivity contribution in [3.63, 3.8) is 0 Å². The van der Waals surface area contributed by atoms with Crippen molar-refractivity contribution in [2.24, 2.45) is 0 Å². The zero-order valence-electron chi connectivity index (χ0n) is 7.78. The molecule has 0 radical (unpaired) electrons. The van der Waals surface area contributed by atoms with Crippen molar-refractivity contribution < 1.29 is 9.53 Å². The minimum Gasteiger partial charge on any atom is -0.397 e. The predicted molar refractivity (Wildman–Crippen MR) is 53.6 cm³/mol. The van der Waals surface area contributed by atoms with Crippen LogP contribution in [-0.2, 0) is 4.74 Å².